The zero-order valence-electron chi connectivity index (χ0n) is 13.0. The van der Waals surface area contributed by atoms with Crippen molar-refractivity contribution in [1.29, 1.82) is 0 Å². The van der Waals surface area contributed by atoms with E-state index in [1.165, 1.54) is 0 Å². The van der Waals surface area contributed by atoms with Gasteiger partial charge in [0.2, 0.25) is 5.91 Å². The van der Waals surface area contributed by atoms with Crippen molar-refractivity contribution >= 4 is 5.91 Å². The van der Waals surface area contributed by atoms with E-state index in [1.54, 1.807) is 4.90 Å². The molecule has 1 aromatic rings. The predicted octanol–water partition coefficient (Wildman–Crippen LogP) is 1.07. The second-order valence-electron chi connectivity index (χ2n) is 5.46. The number of aryl methyl sites for hydroxylation is 1. The quantitative estimate of drug-likeness (QED) is 0.852. The minimum absolute atomic E-state index is 0.0982. The Bertz CT molecular complexity index is 478. The first-order valence-corrected chi connectivity index (χ1v) is 7.31. The molecule has 1 heterocycles. The van der Waals surface area contributed by atoms with Crippen LogP contribution in [-0.2, 0) is 9.53 Å². The highest BCUT2D eigenvalue weighted by molar-refractivity contribution is 5.79. The Labute approximate surface area is 126 Å². The van der Waals surface area contributed by atoms with Gasteiger partial charge in [0, 0.05) is 13.1 Å². The van der Waals surface area contributed by atoms with Gasteiger partial charge in [-0.25, -0.2) is 0 Å². The van der Waals surface area contributed by atoms with Crippen molar-refractivity contribution in [2.75, 3.05) is 40.5 Å². The average molecular weight is 292 g/mol. The van der Waals surface area contributed by atoms with Crippen molar-refractivity contribution in [1.82, 2.24) is 10.2 Å². The first-order chi connectivity index (χ1) is 10.1. The molecule has 0 bridgehead atoms. The second-order valence-corrected chi connectivity index (χ2v) is 5.46. The molecule has 1 aliphatic heterocycles. The molecule has 1 fully saturated rings. The maximum absolute atomic E-state index is 12.4. The van der Waals surface area contributed by atoms with E-state index in [0.29, 0.717) is 26.4 Å². The van der Waals surface area contributed by atoms with Crippen molar-refractivity contribution in [3.05, 3.63) is 29.8 Å². The highest BCUT2D eigenvalue weighted by Crippen LogP contribution is 2.16. The molecule has 2 rings (SSSR count). The third-order valence-corrected chi connectivity index (χ3v) is 3.83. The van der Waals surface area contributed by atoms with E-state index in [1.807, 2.05) is 45.3 Å². The van der Waals surface area contributed by atoms with Gasteiger partial charge in [-0.1, -0.05) is 12.1 Å². The first-order valence-electron chi connectivity index (χ1n) is 7.31. The van der Waals surface area contributed by atoms with Crippen LogP contribution in [-0.4, -0.2) is 57.3 Å². The lowest BCUT2D eigenvalue weighted by Gasteiger charge is -2.23. The second kappa shape index (κ2) is 7.43. The van der Waals surface area contributed by atoms with E-state index in [-0.39, 0.29) is 17.9 Å². The molecule has 1 N–H and O–H groups in total. The van der Waals surface area contributed by atoms with Crippen LogP contribution in [0.5, 0.6) is 5.75 Å². The fourth-order valence-corrected chi connectivity index (χ4v) is 2.48. The lowest BCUT2D eigenvalue weighted by molar-refractivity contribution is -0.134. The van der Waals surface area contributed by atoms with E-state index in [2.05, 4.69) is 5.32 Å². The highest BCUT2D eigenvalue weighted by atomic mass is 16.5. The summed E-state index contributed by atoms with van der Waals surface area (Å²) in [5, 5.41) is 3.13. The lowest BCUT2D eigenvalue weighted by atomic mass is 10.0. The third kappa shape index (κ3) is 4.19. The Morgan fingerprint density at radius 1 is 1.48 bits per heavy atom. The van der Waals surface area contributed by atoms with Gasteiger partial charge in [-0.15, -0.1) is 0 Å². The standard InChI is InChI=1S/C16H24N2O3/c1-12-5-4-6-13(9-12)21-8-7-18(3)16(19)14-10-20-11-15(14)17-2/h4-6,9,14-15,17H,7-8,10-11H2,1-3H3. The van der Waals surface area contributed by atoms with E-state index >= 15 is 0 Å². The van der Waals surface area contributed by atoms with Crippen LogP contribution in [0.25, 0.3) is 0 Å². The van der Waals surface area contributed by atoms with Crippen LogP contribution in [0.4, 0.5) is 0 Å². The number of nitrogens with one attached hydrogen (secondary N) is 1. The smallest absolute Gasteiger partial charge is 0.229 e. The number of hydrogen-bond donors (Lipinski definition) is 1. The Morgan fingerprint density at radius 2 is 2.29 bits per heavy atom. The van der Waals surface area contributed by atoms with Crippen molar-refractivity contribution in [3.63, 3.8) is 0 Å². The number of nitrogens with zero attached hydrogens (tertiary/aromatic N) is 1. The Morgan fingerprint density at radius 3 is 3.00 bits per heavy atom. The fourth-order valence-electron chi connectivity index (χ4n) is 2.48. The monoisotopic (exact) mass is 292 g/mol. The molecule has 1 saturated heterocycles. The minimum Gasteiger partial charge on any atom is -0.492 e. The van der Waals surface area contributed by atoms with E-state index in [9.17, 15) is 4.79 Å². The van der Waals surface area contributed by atoms with Crippen molar-refractivity contribution in [2.45, 2.75) is 13.0 Å². The summed E-state index contributed by atoms with van der Waals surface area (Å²) >= 11 is 0. The third-order valence-electron chi connectivity index (χ3n) is 3.83. The molecule has 0 aliphatic carbocycles. The Hall–Kier alpha value is -1.59. The van der Waals surface area contributed by atoms with Gasteiger partial charge in [0.1, 0.15) is 12.4 Å². The molecule has 21 heavy (non-hydrogen) atoms. The topological polar surface area (TPSA) is 50.8 Å². The van der Waals surface area contributed by atoms with E-state index < -0.39 is 0 Å². The van der Waals surface area contributed by atoms with E-state index in [0.717, 1.165) is 11.3 Å². The number of carbonyl (C=O) groups is 1. The van der Waals surface area contributed by atoms with Gasteiger partial charge in [-0.2, -0.15) is 0 Å². The number of carbonyl (C=O) groups excluding carboxylic acids is 1. The molecule has 116 valence electrons. The molecular weight excluding hydrogens is 268 g/mol. The lowest BCUT2D eigenvalue weighted by Crippen LogP contribution is -2.44. The summed E-state index contributed by atoms with van der Waals surface area (Å²) in [5.74, 6) is 0.854. The number of hydrogen-bond acceptors (Lipinski definition) is 4. The van der Waals surface area contributed by atoms with Crippen LogP contribution in [0.1, 0.15) is 5.56 Å². The van der Waals surface area contributed by atoms with Crippen molar-refractivity contribution in [3.8, 4) is 5.75 Å². The normalized spacial score (nSPS) is 21.3. The average Bonchev–Trinajstić information content (AvgIpc) is 2.94. The molecule has 1 aromatic carbocycles. The number of rotatable bonds is 6. The van der Waals surface area contributed by atoms with Crippen molar-refractivity contribution < 1.29 is 14.3 Å². The predicted molar refractivity (Wildman–Crippen MR) is 81.5 cm³/mol. The molecule has 2 unspecified atom stereocenters. The first kappa shape index (κ1) is 15.8. The van der Waals surface area contributed by atoms with Gasteiger partial charge in [0.05, 0.1) is 25.7 Å². The summed E-state index contributed by atoms with van der Waals surface area (Å²) in [5.41, 5.74) is 1.16. The summed E-state index contributed by atoms with van der Waals surface area (Å²) in [4.78, 5) is 14.1. The van der Waals surface area contributed by atoms with Crippen LogP contribution in [0.3, 0.4) is 0 Å². The van der Waals surface area contributed by atoms with Crippen LogP contribution in [0, 0.1) is 12.8 Å². The maximum Gasteiger partial charge on any atom is 0.229 e. The number of ether oxygens (including phenoxy) is 2. The van der Waals surface area contributed by atoms with Gasteiger partial charge in [0.15, 0.2) is 0 Å². The molecule has 0 saturated carbocycles. The Balaban J connectivity index is 1.79. The van der Waals surface area contributed by atoms with Gasteiger partial charge >= 0.3 is 0 Å². The maximum atomic E-state index is 12.4. The number of amides is 1. The van der Waals surface area contributed by atoms with Crippen molar-refractivity contribution in [2.24, 2.45) is 5.92 Å². The summed E-state index contributed by atoms with van der Waals surface area (Å²) < 4.78 is 11.1. The molecule has 0 radical (unpaired) electrons. The summed E-state index contributed by atoms with van der Waals surface area (Å²) in [6, 6.07) is 8.02. The zero-order chi connectivity index (χ0) is 15.2. The zero-order valence-corrected chi connectivity index (χ0v) is 13.0. The van der Waals surface area contributed by atoms with Crippen LogP contribution in [0.2, 0.25) is 0 Å². The minimum atomic E-state index is -0.0982. The van der Waals surface area contributed by atoms with E-state index in [4.69, 9.17) is 9.47 Å². The molecule has 0 spiro atoms. The molecule has 0 aromatic heterocycles. The van der Waals surface area contributed by atoms with Crippen LogP contribution in [0.15, 0.2) is 24.3 Å². The van der Waals surface area contributed by atoms with Gasteiger partial charge in [0.25, 0.3) is 0 Å². The van der Waals surface area contributed by atoms with Gasteiger partial charge in [-0.05, 0) is 31.7 Å². The fraction of sp³-hybridized carbons (Fsp3) is 0.562. The van der Waals surface area contributed by atoms with Gasteiger partial charge < -0.3 is 19.7 Å². The molecule has 5 nitrogen and oxygen atoms in total. The number of benzene rings is 1. The summed E-state index contributed by atoms with van der Waals surface area (Å²) in [7, 11) is 3.67. The summed E-state index contributed by atoms with van der Waals surface area (Å²) in [6.45, 7) is 4.18. The highest BCUT2D eigenvalue weighted by Gasteiger charge is 2.34. The van der Waals surface area contributed by atoms with Crippen LogP contribution >= 0.6 is 0 Å². The molecule has 5 heteroatoms. The Kier molecular flexibility index (Phi) is 5.59. The largest absolute Gasteiger partial charge is 0.492 e. The van der Waals surface area contributed by atoms with Crippen LogP contribution < -0.4 is 10.1 Å². The molecule has 2 atom stereocenters. The summed E-state index contributed by atoms with van der Waals surface area (Å²) in [6.07, 6.45) is 0. The molecule has 1 amide bonds. The molecular formula is C16H24N2O3. The number of likely N-dealkylation sites (N-methyl/N-ethyl adjacent to an activating group) is 2. The SMILES string of the molecule is CNC1COCC1C(=O)N(C)CCOc1cccc(C)c1. The van der Waals surface area contributed by atoms with Gasteiger partial charge in [-0.3, -0.25) is 4.79 Å². The molecule has 1 aliphatic rings.